The number of carboxylic acids is 1. The number of aliphatic hydroxyl groups is 1. The summed E-state index contributed by atoms with van der Waals surface area (Å²) in [4.78, 5) is 23.8. The maximum Gasteiger partial charge on any atom is 0.317 e. The SMILES string of the molecule is Cc1cc(CN(CCO)Cc2ccccn2)c(O)c(CN(CC(=O)O)Cc2ccccn2)c1. The molecule has 0 saturated carbocycles. The molecule has 0 saturated heterocycles. The van der Waals surface area contributed by atoms with Crippen molar-refractivity contribution in [3.63, 3.8) is 0 Å². The highest BCUT2D eigenvalue weighted by molar-refractivity contribution is 5.69. The van der Waals surface area contributed by atoms with Gasteiger partial charge in [0, 0.05) is 56.2 Å². The maximum atomic E-state index is 11.4. The summed E-state index contributed by atoms with van der Waals surface area (Å²) in [7, 11) is 0. The van der Waals surface area contributed by atoms with E-state index >= 15 is 0 Å². The van der Waals surface area contributed by atoms with Crippen molar-refractivity contribution in [1.82, 2.24) is 19.8 Å². The Morgan fingerprint density at radius 3 is 1.91 bits per heavy atom. The summed E-state index contributed by atoms with van der Waals surface area (Å²) in [6, 6.07) is 15.0. The number of rotatable bonds is 12. The molecule has 2 aromatic heterocycles. The number of nitrogens with zero attached hydrogens (tertiary/aromatic N) is 4. The molecule has 8 nitrogen and oxygen atoms in total. The van der Waals surface area contributed by atoms with Crippen LogP contribution in [-0.4, -0.2) is 60.8 Å². The van der Waals surface area contributed by atoms with Gasteiger partial charge in [-0.15, -0.1) is 0 Å². The molecule has 0 bridgehead atoms. The molecule has 174 valence electrons. The third-order valence-electron chi connectivity index (χ3n) is 5.20. The molecular formula is C25H30N4O4. The normalized spacial score (nSPS) is 11.3. The molecule has 0 aliphatic rings. The number of aryl methyl sites for hydroxylation is 1. The van der Waals surface area contributed by atoms with Gasteiger partial charge in [0.25, 0.3) is 0 Å². The summed E-state index contributed by atoms with van der Waals surface area (Å²) in [6.07, 6.45) is 3.40. The first-order chi connectivity index (χ1) is 15.9. The minimum Gasteiger partial charge on any atom is -0.507 e. The van der Waals surface area contributed by atoms with Gasteiger partial charge in [-0.05, 0) is 31.2 Å². The lowest BCUT2D eigenvalue weighted by atomic mass is 10.0. The third-order valence-corrected chi connectivity index (χ3v) is 5.20. The van der Waals surface area contributed by atoms with E-state index < -0.39 is 5.97 Å². The van der Waals surface area contributed by atoms with E-state index in [2.05, 4.69) is 9.97 Å². The fourth-order valence-electron chi connectivity index (χ4n) is 3.81. The van der Waals surface area contributed by atoms with E-state index in [-0.39, 0.29) is 25.4 Å². The molecule has 3 rings (SSSR count). The van der Waals surface area contributed by atoms with Crippen LogP contribution in [0.4, 0.5) is 0 Å². The number of phenolic OH excluding ortho intramolecular Hbond substituents is 1. The average Bonchev–Trinajstić information content (AvgIpc) is 2.78. The smallest absolute Gasteiger partial charge is 0.317 e. The molecule has 0 aliphatic carbocycles. The average molecular weight is 451 g/mol. The first-order valence-corrected chi connectivity index (χ1v) is 10.8. The van der Waals surface area contributed by atoms with E-state index in [9.17, 15) is 20.1 Å². The topological polar surface area (TPSA) is 110 Å². The molecule has 0 atom stereocenters. The molecular weight excluding hydrogens is 420 g/mol. The van der Waals surface area contributed by atoms with Gasteiger partial charge in [-0.2, -0.15) is 0 Å². The molecule has 0 radical (unpaired) electrons. The molecule has 3 N–H and O–H groups in total. The Labute approximate surface area is 193 Å². The Hall–Kier alpha value is -3.33. The highest BCUT2D eigenvalue weighted by atomic mass is 16.4. The van der Waals surface area contributed by atoms with Gasteiger partial charge in [-0.3, -0.25) is 24.6 Å². The zero-order valence-electron chi connectivity index (χ0n) is 18.8. The van der Waals surface area contributed by atoms with E-state index in [4.69, 9.17) is 0 Å². The highest BCUT2D eigenvalue weighted by Gasteiger charge is 2.18. The lowest BCUT2D eigenvalue weighted by Gasteiger charge is -2.24. The molecule has 0 amide bonds. The summed E-state index contributed by atoms with van der Waals surface area (Å²) in [5.41, 5.74) is 3.98. The van der Waals surface area contributed by atoms with Crippen LogP contribution in [0.3, 0.4) is 0 Å². The molecule has 0 aliphatic heterocycles. The zero-order chi connectivity index (χ0) is 23.6. The van der Waals surface area contributed by atoms with Crippen molar-refractivity contribution in [2.45, 2.75) is 33.1 Å². The first-order valence-electron chi connectivity index (χ1n) is 10.8. The number of carboxylic acid groups (broad SMARTS) is 1. The Morgan fingerprint density at radius 1 is 0.879 bits per heavy atom. The predicted octanol–water partition coefficient (Wildman–Crippen LogP) is 2.57. The summed E-state index contributed by atoms with van der Waals surface area (Å²) >= 11 is 0. The number of phenols is 1. The fraction of sp³-hybridized carbons (Fsp3) is 0.320. The van der Waals surface area contributed by atoms with Crippen molar-refractivity contribution < 1.29 is 20.1 Å². The van der Waals surface area contributed by atoms with Crippen LogP contribution in [0.15, 0.2) is 60.9 Å². The quantitative estimate of drug-likeness (QED) is 0.386. The summed E-state index contributed by atoms with van der Waals surface area (Å²) in [5, 5.41) is 29.9. The minimum atomic E-state index is -0.942. The molecule has 1 aromatic carbocycles. The van der Waals surface area contributed by atoms with Crippen molar-refractivity contribution in [3.05, 3.63) is 89.0 Å². The Bertz CT molecular complexity index is 1030. The van der Waals surface area contributed by atoms with Crippen LogP contribution < -0.4 is 0 Å². The van der Waals surface area contributed by atoms with Crippen molar-refractivity contribution in [1.29, 1.82) is 0 Å². The summed E-state index contributed by atoms with van der Waals surface area (Å²) in [6.45, 7) is 3.78. The number of benzene rings is 1. The second-order valence-corrected chi connectivity index (χ2v) is 8.05. The van der Waals surface area contributed by atoms with Gasteiger partial charge in [0.1, 0.15) is 5.75 Å². The van der Waals surface area contributed by atoms with E-state index in [1.165, 1.54) is 0 Å². The van der Waals surface area contributed by atoms with Gasteiger partial charge in [-0.25, -0.2) is 0 Å². The Kier molecular flexibility index (Phi) is 8.88. The van der Waals surface area contributed by atoms with Gasteiger partial charge >= 0.3 is 5.97 Å². The Balaban J connectivity index is 1.81. The number of aromatic nitrogens is 2. The van der Waals surface area contributed by atoms with Crippen molar-refractivity contribution in [2.24, 2.45) is 0 Å². The van der Waals surface area contributed by atoms with Crippen LogP contribution in [0.25, 0.3) is 0 Å². The van der Waals surface area contributed by atoms with E-state index in [1.807, 2.05) is 60.4 Å². The molecule has 8 heteroatoms. The van der Waals surface area contributed by atoms with E-state index in [0.29, 0.717) is 31.7 Å². The van der Waals surface area contributed by atoms with Gasteiger partial charge in [-0.1, -0.05) is 29.8 Å². The van der Waals surface area contributed by atoms with Gasteiger partial charge < -0.3 is 15.3 Å². The first kappa shape index (κ1) is 24.3. The standard InChI is InChI=1S/C25H30N4O4/c1-19-12-20(14-28(10-11-30)16-22-6-2-4-8-26-22)25(33)21(13-19)15-29(18-24(31)32)17-23-7-3-5-9-27-23/h2-9,12-13,30,33H,10-11,14-18H2,1H3,(H,31,32). The molecule has 2 heterocycles. The van der Waals surface area contributed by atoms with Gasteiger partial charge in [0.2, 0.25) is 0 Å². The number of aliphatic carboxylic acids is 1. The summed E-state index contributed by atoms with van der Waals surface area (Å²) in [5.74, 6) is -0.802. The molecule has 3 aromatic rings. The number of aliphatic hydroxyl groups excluding tert-OH is 1. The van der Waals surface area contributed by atoms with Gasteiger partial charge in [0.15, 0.2) is 0 Å². The number of aromatic hydroxyl groups is 1. The van der Waals surface area contributed by atoms with Crippen molar-refractivity contribution in [3.8, 4) is 5.75 Å². The van der Waals surface area contributed by atoms with Crippen LogP contribution in [0.2, 0.25) is 0 Å². The van der Waals surface area contributed by atoms with Crippen LogP contribution >= 0.6 is 0 Å². The molecule has 33 heavy (non-hydrogen) atoms. The zero-order valence-corrected chi connectivity index (χ0v) is 18.8. The monoisotopic (exact) mass is 450 g/mol. The van der Waals surface area contributed by atoms with Crippen LogP contribution in [-0.2, 0) is 31.0 Å². The Morgan fingerprint density at radius 2 is 1.42 bits per heavy atom. The number of pyridine rings is 2. The number of hydrogen-bond donors (Lipinski definition) is 3. The second kappa shape index (κ2) is 12.1. The fourth-order valence-corrected chi connectivity index (χ4v) is 3.81. The second-order valence-electron chi connectivity index (χ2n) is 8.05. The third kappa shape index (κ3) is 7.64. The van der Waals surface area contributed by atoms with Gasteiger partial charge in [0.05, 0.1) is 24.5 Å². The number of hydrogen-bond acceptors (Lipinski definition) is 7. The maximum absolute atomic E-state index is 11.4. The lowest BCUT2D eigenvalue weighted by molar-refractivity contribution is -0.138. The van der Waals surface area contributed by atoms with Crippen LogP contribution in [0.1, 0.15) is 28.1 Å². The van der Waals surface area contributed by atoms with Crippen LogP contribution in [0, 0.1) is 6.92 Å². The number of carbonyl (C=O) groups is 1. The lowest BCUT2D eigenvalue weighted by Crippen LogP contribution is -2.29. The highest BCUT2D eigenvalue weighted by Crippen LogP contribution is 2.28. The van der Waals surface area contributed by atoms with Crippen molar-refractivity contribution >= 4 is 5.97 Å². The van der Waals surface area contributed by atoms with E-state index in [0.717, 1.165) is 22.5 Å². The largest absolute Gasteiger partial charge is 0.507 e. The molecule has 0 spiro atoms. The molecule has 0 fully saturated rings. The minimum absolute atomic E-state index is 0.0112. The summed E-state index contributed by atoms with van der Waals surface area (Å²) < 4.78 is 0. The molecule has 0 unspecified atom stereocenters. The van der Waals surface area contributed by atoms with E-state index in [1.54, 1.807) is 17.3 Å². The predicted molar refractivity (Wildman–Crippen MR) is 124 cm³/mol. The van der Waals surface area contributed by atoms with Crippen LogP contribution in [0.5, 0.6) is 5.75 Å². The van der Waals surface area contributed by atoms with Crippen molar-refractivity contribution in [2.75, 3.05) is 19.7 Å².